The molecule has 2 heteroatoms. The minimum Gasteiger partial charge on any atom is -0.0921 e. The van der Waals surface area contributed by atoms with Crippen molar-refractivity contribution in [2.75, 3.05) is 0 Å². The number of fused-ring (bicyclic) bond motifs is 10. The lowest BCUT2D eigenvalue weighted by Gasteiger charge is -2.57. The summed E-state index contributed by atoms with van der Waals surface area (Å²) >= 11 is 0. The Bertz CT molecular complexity index is 1190. The van der Waals surface area contributed by atoms with Gasteiger partial charge < -0.3 is 0 Å². The molecule has 1 aromatic rings. The SMILES string of the molecule is C[C@@H](P(C(C)(C)C)C(C)(C)C)C12CCCC1c1c(cccc1P(C1CCCCC1)C1CCCCC1)C1CCCC1C1CCCCCC2CC1. The molecule has 0 heterocycles. The van der Waals surface area contributed by atoms with Gasteiger partial charge in [-0.3, -0.25) is 0 Å². The van der Waals surface area contributed by atoms with Gasteiger partial charge in [0.1, 0.15) is 0 Å². The van der Waals surface area contributed by atoms with Gasteiger partial charge in [-0.15, -0.1) is 0 Å². The summed E-state index contributed by atoms with van der Waals surface area (Å²) in [6.45, 7) is 18.8. The summed E-state index contributed by atoms with van der Waals surface area (Å²) in [4.78, 5) is 0. The van der Waals surface area contributed by atoms with Gasteiger partial charge in [0.05, 0.1) is 0 Å². The van der Waals surface area contributed by atoms with Crippen molar-refractivity contribution >= 4 is 21.1 Å². The first-order valence-electron chi connectivity index (χ1n) is 22.2. The van der Waals surface area contributed by atoms with E-state index in [1.807, 2.05) is 10.9 Å². The quantitative estimate of drug-likeness (QED) is 0.268. The summed E-state index contributed by atoms with van der Waals surface area (Å²) in [6.07, 6.45) is 34.8. The predicted molar refractivity (Wildman–Crippen MR) is 221 cm³/mol. The van der Waals surface area contributed by atoms with Gasteiger partial charge in [-0.2, -0.15) is 0 Å². The fourth-order valence-corrected chi connectivity index (χ4v) is 24.1. The lowest BCUT2D eigenvalue weighted by molar-refractivity contribution is 0.102. The van der Waals surface area contributed by atoms with Crippen LogP contribution in [-0.2, 0) is 0 Å². The van der Waals surface area contributed by atoms with E-state index in [9.17, 15) is 0 Å². The molecule has 276 valence electrons. The van der Waals surface area contributed by atoms with Crippen molar-refractivity contribution in [2.24, 2.45) is 23.2 Å². The smallest absolute Gasteiger partial charge is 0.00876 e. The van der Waals surface area contributed by atoms with Crippen molar-refractivity contribution in [1.82, 2.24) is 0 Å². The third-order valence-corrected chi connectivity index (χ3v) is 23.6. The Kier molecular flexibility index (Phi) is 11.8. The number of hydrogen-bond acceptors (Lipinski definition) is 0. The van der Waals surface area contributed by atoms with E-state index in [-0.39, 0.29) is 15.8 Å². The molecule has 0 aliphatic heterocycles. The van der Waals surface area contributed by atoms with E-state index in [1.165, 1.54) is 135 Å². The lowest BCUT2D eigenvalue weighted by atomic mass is 9.59. The first-order valence-corrected chi connectivity index (χ1v) is 25.1. The van der Waals surface area contributed by atoms with Crippen molar-refractivity contribution in [1.29, 1.82) is 0 Å². The topological polar surface area (TPSA) is 0 Å². The number of benzene rings is 1. The Morgan fingerprint density at radius 1 is 0.612 bits per heavy atom. The van der Waals surface area contributed by atoms with Crippen LogP contribution < -0.4 is 5.30 Å². The van der Waals surface area contributed by atoms with Crippen LogP contribution in [0, 0.1) is 23.2 Å². The average molecular weight is 705 g/mol. The normalized spacial score (nSPS) is 34.6. The van der Waals surface area contributed by atoms with E-state index in [1.54, 1.807) is 12.8 Å². The maximum atomic E-state index is 2.88. The first kappa shape index (κ1) is 37.4. The summed E-state index contributed by atoms with van der Waals surface area (Å²) in [6, 6.07) is 8.27. The molecular weight excluding hydrogens is 626 g/mol. The zero-order valence-electron chi connectivity index (χ0n) is 33.5. The van der Waals surface area contributed by atoms with Crippen LogP contribution in [0.3, 0.4) is 0 Å². The van der Waals surface area contributed by atoms with Crippen LogP contribution in [0.1, 0.15) is 219 Å². The lowest BCUT2D eigenvalue weighted by Crippen LogP contribution is -2.48. The van der Waals surface area contributed by atoms with E-state index in [2.05, 4.69) is 72.2 Å². The van der Waals surface area contributed by atoms with Crippen molar-refractivity contribution < 1.29 is 0 Å². The Morgan fingerprint density at radius 3 is 1.86 bits per heavy atom. The van der Waals surface area contributed by atoms with Gasteiger partial charge in [-0.05, 0) is 149 Å². The summed E-state index contributed by atoms with van der Waals surface area (Å²) in [7, 11) is -0.291. The molecule has 0 saturated heterocycles. The second-order valence-electron chi connectivity index (χ2n) is 20.6. The van der Waals surface area contributed by atoms with Gasteiger partial charge in [-0.1, -0.05) is 160 Å². The molecule has 0 N–H and O–H groups in total. The summed E-state index contributed by atoms with van der Waals surface area (Å²) in [5.41, 5.74) is 7.28. The van der Waals surface area contributed by atoms with Crippen LogP contribution in [0.15, 0.2) is 18.2 Å². The highest BCUT2D eigenvalue weighted by Crippen LogP contribution is 2.74. The fraction of sp³-hybridized carbons (Fsp3) is 0.872. The molecule has 6 aliphatic carbocycles. The van der Waals surface area contributed by atoms with Gasteiger partial charge in [0.2, 0.25) is 0 Å². The zero-order valence-corrected chi connectivity index (χ0v) is 35.3. The largest absolute Gasteiger partial charge is 0.0921 e. The highest BCUT2D eigenvalue weighted by molar-refractivity contribution is 7.67. The van der Waals surface area contributed by atoms with Gasteiger partial charge in [0, 0.05) is 0 Å². The molecule has 6 aliphatic rings. The summed E-state index contributed by atoms with van der Waals surface area (Å²) in [5.74, 6) is 4.48. The third kappa shape index (κ3) is 7.32. The van der Waals surface area contributed by atoms with Crippen molar-refractivity contribution in [3.05, 3.63) is 29.3 Å². The standard InChI is InChI=1S/C47H78P2/c1-34(49(45(2,3)4)46(5,6)7)47-33-19-29-42(47)44-41(40-27-17-26-39(40)35-20-11-8-12-21-36(47)32-31-35)28-18-30-43(44)48(37-22-13-9-14-23-37)38-24-15-10-16-25-38/h18,28,30,34-40,42H,8-17,19-27,29,31-33H2,1-7H3/t34-,35?,36?,39?,40?,42?,47?/m1/s1. The van der Waals surface area contributed by atoms with Crippen LogP contribution in [-0.4, -0.2) is 27.3 Å². The minimum atomic E-state index is -0.185. The molecule has 1 aromatic carbocycles. The molecule has 5 fully saturated rings. The summed E-state index contributed by atoms with van der Waals surface area (Å²) < 4.78 is 0. The zero-order chi connectivity index (χ0) is 34.4. The molecule has 0 amide bonds. The Balaban J connectivity index is 1.48. The number of rotatable bonds is 5. The fourth-order valence-electron chi connectivity index (χ4n) is 14.7. The van der Waals surface area contributed by atoms with Crippen LogP contribution in [0.2, 0.25) is 0 Å². The Labute approximate surface area is 307 Å². The van der Waals surface area contributed by atoms with Crippen LogP contribution in [0.25, 0.3) is 0 Å². The molecular formula is C47H78P2. The molecule has 5 saturated carbocycles. The average Bonchev–Trinajstić information content (AvgIpc) is 3.74. The van der Waals surface area contributed by atoms with Gasteiger partial charge in [0.25, 0.3) is 0 Å². The Hall–Kier alpha value is 0.0800. The second kappa shape index (κ2) is 15.4. The van der Waals surface area contributed by atoms with E-state index in [4.69, 9.17) is 0 Å². The van der Waals surface area contributed by atoms with Crippen molar-refractivity contribution in [2.45, 2.75) is 235 Å². The molecule has 7 rings (SSSR count). The van der Waals surface area contributed by atoms with Crippen LogP contribution in [0.5, 0.6) is 0 Å². The van der Waals surface area contributed by atoms with Crippen LogP contribution >= 0.6 is 15.8 Å². The highest BCUT2D eigenvalue weighted by Gasteiger charge is 2.58. The molecule has 0 nitrogen and oxygen atoms in total. The predicted octanol–water partition coefficient (Wildman–Crippen LogP) is 15.1. The molecule has 0 radical (unpaired) electrons. The van der Waals surface area contributed by atoms with E-state index >= 15 is 0 Å². The molecule has 49 heavy (non-hydrogen) atoms. The van der Waals surface area contributed by atoms with Crippen molar-refractivity contribution in [3.63, 3.8) is 0 Å². The van der Waals surface area contributed by atoms with Gasteiger partial charge in [0.15, 0.2) is 0 Å². The van der Waals surface area contributed by atoms with E-state index < -0.39 is 0 Å². The first-order chi connectivity index (χ1) is 23.5. The van der Waals surface area contributed by atoms with Crippen LogP contribution in [0.4, 0.5) is 0 Å². The Morgan fingerprint density at radius 2 is 1.22 bits per heavy atom. The second-order valence-corrected chi connectivity index (χ2v) is 27.5. The molecule has 6 unspecified atom stereocenters. The highest BCUT2D eigenvalue weighted by atomic mass is 31.1. The molecule has 7 atom stereocenters. The van der Waals surface area contributed by atoms with E-state index in [0.717, 1.165) is 46.6 Å². The third-order valence-electron chi connectivity index (χ3n) is 15.9. The number of hydrogen-bond donors (Lipinski definition) is 0. The van der Waals surface area contributed by atoms with Gasteiger partial charge in [-0.25, -0.2) is 0 Å². The maximum Gasteiger partial charge on any atom is -0.00876 e. The molecule has 0 aromatic heterocycles. The van der Waals surface area contributed by atoms with E-state index in [0.29, 0.717) is 15.7 Å². The molecule has 0 spiro atoms. The summed E-state index contributed by atoms with van der Waals surface area (Å²) in [5, 5.41) is 2.77. The van der Waals surface area contributed by atoms with Crippen molar-refractivity contribution in [3.8, 4) is 0 Å². The maximum absolute atomic E-state index is 2.88. The monoisotopic (exact) mass is 705 g/mol. The molecule has 2 bridgehead atoms. The van der Waals surface area contributed by atoms with Gasteiger partial charge >= 0.3 is 0 Å². The minimum absolute atomic E-state index is 0.105.